The third-order valence-electron chi connectivity index (χ3n) is 4.52. The molecule has 102 valence electrons. The molecular formula is C15H24BrNO. The average Bonchev–Trinajstić information content (AvgIpc) is 2.76. The van der Waals surface area contributed by atoms with Crippen LogP contribution in [0.1, 0.15) is 51.6 Å². The predicted octanol–water partition coefficient (Wildman–Crippen LogP) is 4.77. The summed E-state index contributed by atoms with van der Waals surface area (Å²) in [6, 6.07) is 2.53. The second kappa shape index (κ2) is 6.25. The minimum Gasteiger partial charge on any atom is -0.457 e. The summed E-state index contributed by atoms with van der Waals surface area (Å²) in [5.74, 6) is 2.43. The van der Waals surface area contributed by atoms with Gasteiger partial charge in [-0.15, -0.1) is 0 Å². The lowest BCUT2D eigenvalue weighted by Crippen LogP contribution is -2.33. The number of rotatable bonds is 4. The maximum Gasteiger partial charge on any atom is 0.173 e. The zero-order chi connectivity index (χ0) is 13.1. The molecule has 0 spiro atoms. The van der Waals surface area contributed by atoms with E-state index in [4.69, 9.17) is 4.42 Å². The lowest BCUT2D eigenvalue weighted by Gasteiger charge is -2.37. The van der Waals surface area contributed by atoms with Crippen molar-refractivity contribution >= 4 is 15.9 Å². The molecule has 1 heterocycles. The van der Waals surface area contributed by atoms with Crippen molar-refractivity contribution in [1.29, 1.82) is 0 Å². The molecule has 0 aromatic carbocycles. The normalized spacial score (nSPS) is 30.3. The highest BCUT2D eigenvalue weighted by Crippen LogP contribution is 2.41. The van der Waals surface area contributed by atoms with Gasteiger partial charge >= 0.3 is 0 Å². The highest BCUT2D eigenvalue weighted by Gasteiger charge is 2.32. The standard InChI is InChI=1S/C15H24BrNO/c1-4-17-14(13-7-8-18-15(13)16)12-6-5-10(2)11(3)9-12/h7-8,10-12,14,17H,4-6,9H2,1-3H3. The Labute approximate surface area is 119 Å². The summed E-state index contributed by atoms with van der Waals surface area (Å²) in [7, 11) is 0. The highest BCUT2D eigenvalue weighted by molar-refractivity contribution is 9.10. The van der Waals surface area contributed by atoms with Gasteiger partial charge in [0.25, 0.3) is 0 Å². The van der Waals surface area contributed by atoms with E-state index in [2.05, 4.69) is 48.1 Å². The van der Waals surface area contributed by atoms with E-state index in [0.29, 0.717) is 6.04 Å². The molecule has 4 atom stereocenters. The van der Waals surface area contributed by atoms with E-state index < -0.39 is 0 Å². The number of halogens is 1. The van der Waals surface area contributed by atoms with Crippen LogP contribution in [0.4, 0.5) is 0 Å². The van der Waals surface area contributed by atoms with E-state index in [9.17, 15) is 0 Å². The fourth-order valence-corrected chi connectivity index (χ4v) is 3.66. The summed E-state index contributed by atoms with van der Waals surface area (Å²) in [4.78, 5) is 0. The molecule has 1 N–H and O–H groups in total. The van der Waals surface area contributed by atoms with Crippen LogP contribution in [-0.4, -0.2) is 6.54 Å². The highest BCUT2D eigenvalue weighted by atomic mass is 79.9. The van der Waals surface area contributed by atoms with Gasteiger partial charge in [0, 0.05) is 11.6 Å². The van der Waals surface area contributed by atoms with Gasteiger partial charge in [-0.2, -0.15) is 0 Å². The van der Waals surface area contributed by atoms with Crippen LogP contribution in [0.5, 0.6) is 0 Å². The lowest BCUT2D eigenvalue weighted by molar-refractivity contribution is 0.171. The molecule has 0 aliphatic heterocycles. The zero-order valence-corrected chi connectivity index (χ0v) is 13.2. The third kappa shape index (κ3) is 3.00. The van der Waals surface area contributed by atoms with E-state index in [-0.39, 0.29) is 0 Å². The maximum atomic E-state index is 5.41. The molecule has 1 aliphatic rings. The van der Waals surface area contributed by atoms with E-state index in [0.717, 1.165) is 29.0 Å². The maximum absolute atomic E-state index is 5.41. The first-order valence-corrected chi connectivity index (χ1v) is 7.89. The molecule has 2 rings (SSSR count). The van der Waals surface area contributed by atoms with E-state index >= 15 is 0 Å². The summed E-state index contributed by atoms with van der Waals surface area (Å²) in [5, 5.41) is 3.64. The summed E-state index contributed by atoms with van der Waals surface area (Å²) >= 11 is 3.52. The predicted molar refractivity (Wildman–Crippen MR) is 78.5 cm³/mol. The van der Waals surface area contributed by atoms with Gasteiger partial charge in [0.2, 0.25) is 0 Å². The first kappa shape index (κ1) is 14.1. The van der Waals surface area contributed by atoms with Crippen LogP contribution in [0.2, 0.25) is 0 Å². The molecule has 0 saturated heterocycles. The fraction of sp³-hybridized carbons (Fsp3) is 0.733. The molecule has 0 amide bonds. The monoisotopic (exact) mass is 313 g/mol. The SMILES string of the molecule is CCNC(c1ccoc1Br)C1CCC(C)C(C)C1. The van der Waals surface area contributed by atoms with Crippen molar-refractivity contribution in [1.82, 2.24) is 5.32 Å². The Bertz CT molecular complexity index is 376. The van der Waals surface area contributed by atoms with Crippen LogP contribution in [-0.2, 0) is 0 Å². The average molecular weight is 314 g/mol. The Morgan fingerprint density at radius 3 is 2.72 bits per heavy atom. The van der Waals surface area contributed by atoms with Gasteiger partial charge < -0.3 is 9.73 Å². The van der Waals surface area contributed by atoms with E-state index in [1.165, 1.54) is 24.8 Å². The van der Waals surface area contributed by atoms with Crippen molar-refractivity contribution in [3.05, 3.63) is 22.6 Å². The van der Waals surface area contributed by atoms with Crippen molar-refractivity contribution in [2.75, 3.05) is 6.54 Å². The Balaban J connectivity index is 2.13. The molecule has 1 fully saturated rings. The molecule has 0 radical (unpaired) electrons. The zero-order valence-electron chi connectivity index (χ0n) is 11.6. The van der Waals surface area contributed by atoms with Crippen LogP contribution in [0.25, 0.3) is 0 Å². The number of hydrogen-bond acceptors (Lipinski definition) is 2. The van der Waals surface area contributed by atoms with Crippen LogP contribution in [0.15, 0.2) is 21.4 Å². The molecule has 18 heavy (non-hydrogen) atoms. The molecule has 1 aromatic rings. The molecule has 1 aliphatic carbocycles. The van der Waals surface area contributed by atoms with Gasteiger partial charge in [-0.3, -0.25) is 0 Å². The van der Waals surface area contributed by atoms with Crippen molar-refractivity contribution < 1.29 is 4.42 Å². The van der Waals surface area contributed by atoms with Gasteiger partial charge in [0.05, 0.1) is 6.26 Å². The van der Waals surface area contributed by atoms with Gasteiger partial charge in [0.15, 0.2) is 4.67 Å². The second-order valence-corrected chi connectivity index (χ2v) is 6.43. The molecule has 1 aromatic heterocycles. The summed E-state index contributed by atoms with van der Waals surface area (Å²) in [6.07, 6.45) is 5.76. The summed E-state index contributed by atoms with van der Waals surface area (Å²) < 4.78 is 6.30. The topological polar surface area (TPSA) is 25.2 Å². The van der Waals surface area contributed by atoms with Gasteiger partial charge in [-0.1, -0.05) is 27.2 Å². The van der Waals surface area contributed by atoms with Crippen LogP contribution in [0, 0.1) is 17.8 Å². The molecule has 0 bridgehead atoms. The van der Waals surface area contributed by atoms with Crippen LogP contribution >= 0.6 is 15.9 Å². The van der Waals surface area contributed by atoms with Crippen molar-refractivity contribution in [2.45, 2.75) is 46.1 Å². The fourth-order valence-electron chi connectivity index (χ4n) is 3.17. The molecule has 4 unspecified atom stereocenters. The van der Waals surface area contributed by atoms with Crippen LogP contribution in [0.3, 0.4) is 0 Å². The number of hydrogen-bond donors (Lipinski definition) is 1. The Hall–Kier alpha value is -0.280. The molecule has 3 heteroatoms. The first-order chi connectivity index (χ1) is 8.63. The minimum atomic E-state index is 0.429. The molecule has 1 saturated carbocycles. The Morgan fingerprint density at radius 2 is 2.17 bits per heavy atom. The molecular weight excluding hydrogens is 290 g/mol. The van der Waals surface area contributed by atoms with E-state index in [1.54, 1.807) is 6.26 Å². The Kier molecular flexibility index (Phi) is 4.91. The van der Waals surface area contributed by atoms with Gasteiger partial charge in [-0.05, 0) is 59.1 Å². The second-order valence-electron chi connectivity index (χ2n) is 5.71. The first-order valence-electron chi connectivity index (χ1n) is 7.09. The van der Waals surface area contributed by atoms with Crippen molar-refractivity contribution in [3.63, 3.8) is 0 Å². The Morgan fingerprint density at radius 1 is 1.39 bits per heavy atom. The van der Waals surface area contributed by atoms with Gasteiger partial charge in [-0.25, -0.2) is 0 Å². The van der Waals surface area contributed by atoms with Crippen molar-refractivity contribution in [2.24, 2.45) is 17.8 Å². The largest absolute Gasteiger partial charge is 0.457 e. The van der Waals surface area contributed by atoms with Crippen LogP contribution < -0.4 is 5.32 Å². The van der Waals surface area contributed by atoms with Crippen molar-refractivity contribution in [3.8, 4) is 0 Å². The lowest BCUT2D eigenvalue weighted by atomic mass is 9.72. The number of nitrogens with one attached hydrogen (secondary N) is 1. The summed E-state index contributed by atoms with van der Waals surface area (Å²) in [6.45, 7) is 7.96. The van der Waals surface area contributed by atoms with Gasteiger partial charge in [0.1, 0.15) is 0 Å². The quantitative estimate of drug-likeness (QED) is 0.866. The summed E-state index contributed by atoms with van der Waals surface area (Å²) in [5.41, 5.74) is 1.28. The third-order valence-corrected chi connectivity index (χ3v) is 5.16. The van der Waals surface area contributed by atoms with E-state index in [1.807, 2.05) is 0 Å². The number of furan rings is 1. The smallest absolute Gasteiger partial charge is 0.173 e. The minimum absolute atomic E-state index is 0.429. The molecule has 2 nitrogen and oxygen atoms in total.